The molecule has 2 aromatic carbocycles. The fourth-order valence-electron chi connectivity index (χ4n) is 2.61. The first-order valence-electron chi connectivity index (χ1n) is 6.82. The molecule has 0 fully saturated rings. The maximum absolute atomic E-state index is 5.31. The summed E-state index contributed by atoms with van der Waals surface area (Å²) in [5.41, 5.74) is 4.95. The number of aryl methyl sites for hydroxylation is 1. The third-order valence-corrected chi connectivity index (χ3v) is 3.50. The highest BCUT2D eigenvalue weighted by molar-refractivity contribution is 5.71. The van der Waals surface area contributed by atoms with Crippen molar-refractivity contribution in [2.75, 3.05) is 7.11 Å². The molecule has 0 spiro atoms. The van der Waals surface area contributed by atoms with Gasteiger partial charge in [0, 0.05) is 7.11 Å². The predicted molar refractivity (Wildman–Crippen MR) is 79.5 cm³/mol. The van der Waals surface area contributed by atoms with Crippen LogP contribution in [0.25, 0.3) is 11.0 Å². The number of rotatable bonds is 4. The summed E-state index contributed by atoms with van der Waals surface area (Å²) < 4.78 is 7.59. The van der Waals surface area contributed by atoms with Crippen molar-refractivity contribution < 1.29 is 9.30 Å². The summed E-state index contributed by atoms with van der Waals surface area (Å²) in [4.78, 5) is 3.44. The van der Waals surface area contributed by atoms with Gasteiger partial charge < -0.3 is 4.74 Å². The molecule has 1 heterocycles. The molecule has 0 atom stereocenters. The molecule has 20 heavy (non-hydrogen) atoms. The standard InChI is InChI=1S/C17H18N2O/c1-13-6-5-7-14(10-13)11-19-16-9-4-3-8-15(16)18-17(19)12-20-2/h3-10H,11-12H2,1-2H3/p+1. The molecule has 0 bridgehead atoms. The molecule has 0 aliphatic rings. The van der Waals surface area contributed by atoms with E-state index >= 15 is 0 Å². The lowest BCUT2D eigenvalue weighted by atomic mass is 10.1. The van der Waals surface area contributed by atoms with Gasteiger partial charge in [0.1, 0.15) is 13.2 Å². The number of imidazole rings is 1. The van der Waals surface area contributed by atoms with Crippen LogP contribution in [0.5, 0.6) is 0 Å². The first-order valence-corrected chi connectivity index (χ1v) is 6.82. The molecule has 0 unspecified atom stereocenters. The lowest BCUT2D eigenvalue weighted by Crippen LogP contribution is -2.37. The minimum atomic E-state index is 0.584. The topological polar surface area (TPSA) is 28.9 Å². The summed E-state index contributed by atoms with van der Waals surface area (Å²) in [6.45, 7) is 3.56. The maximum atomic E-state index is 5.31. The highest BCUT2D eigenvalue weighted by atomic mass is 16.5. The lowest BCUT2D eigenvalue weighted by molar-refractivity contribution is -0.672. The van der Waals surface area contributed by atoms with Crippen molar-refractivity contribution in [3.05, 3.63) is 65.5 Å². The average Bonchev–Trinajstić information content (AvgIpc) is 2.78. The maximum Gasteiger partial charge on any atom is 0.281 e. The van der Waals surface area contributed by atoms with Gasteiger partial charge in [0.05, 0.1) is 0 Å². The van der Waals surface area contributed by atoms with Gasteiger partial charge in [-0.3, -0.25) is 0 Å². The van der Waals surface area contributed by atoms with E-state index in [0.717, 1.165) is 17.9 Å². The summed E-state index contributed by atoms with van der Waals surface area (Å²) in [6, 6.07) is 17.0. The minimum absolute atomic E-state index is 0.584. The number of aromatic nitrogens is 2. The summed E-state index contributed by atoms with van der Waals surface area (Å²) in [5.74, 6) is 1.09. The zero-order valence-corrected chi connectivity index (χ0v) is 11.9. The van der Waals surface area contributed by atoms with Crippen LogP contribution in [0.3, 0.4) is 0 Å². The number of nitrogens with zero attached hydrogens (tertiary/aromatic N) is 1. The van der Waals surface area contributed by atoms with E-state index in [1.54, 1.807) is 7.11 Å². The number of nitrogens with one attached hydrogen (secondary N) is 1. The van der Waals surface area contributed by atoms with Crippen LogP contribution in [0.2, 0.25) is 0 Å². The van der Waals surface area contributed by atoms with Gasteiger partial charge in [0.2, 0.25) is 0 Å². The van der Waals surface area contributed by atoms with Crippen molar-refractivity contribution in [1.29, 1.82) is 0 Å². The summed E-state index contributed by atoms with van der Waals surface area (Å²) >= 11 is 0. The van der Waals surface area contributed by atoms with Crippen LogP contribution >= 0.6 is 0 Å². The Kier molecular flexibility index (Phi) is 3.52. The Morgan fingerprint density at radius 1 is 1.10 bits per heavy atom. The van der Waals surface area contributed by atoms with Gasteiger partial charge in [-0.2, -0.15) is 0 Å². The number of hydrogen-bond donors (Lipinski definition) is 1. The fraction of sp³-hybridized carbons (Fsp3) is 0.235. The number of fused-ring (bicyclic) bond motifs is 1. The Morgan fingerprint density at radius 2 is 1.95 bits per heavy atom. The van der Waals surface area contributed by atoms with Crippen LogP contribution in [-0.4, -0.2) is 12.1 Å². The minimum Gasteiger partial charge on any atom is -0.372 e. The smallest absolute Gasteiger partial charge is 0.281 e. The molecule has 3 aromatic rings. The van der Waals surface area contributed by atoms with Crippen molar-refractivity contribution >= 4 is 11.0 Å². The van der Waals surface area contributed by atoms with E-state index in [-0.39, 0.29) is 0 Å². The molecule has 0 saturated heterocycles. The molecule has 3 nitrogen and oxygen atoms in total. The number of methoxy groups -OCH3 is 1. The molecule has 3 heteroatoms. The van der Waals surface area contributed by atoms with Gasteiger partial charge in [-0.05, 0) is 24.6 Å². The zero-order chi connectivity index (χ0) is 13.9. The van der Waals surface area contributed by atoms with Gasteiger partial charge in [-0.25, -0.2) is 9.55 Å². The van der Waals surface area contributed by atoms with E-state index in [9.17, 15) is 0 Å². The van der Waals surface area contributed by atoms with Crippen molar-refractivity contribution in [2.24, 2.45) is 0 Å². The Morgan fingerprint density at radius 3 is 2.75 bits per heavy atom. The largest absolute Gasteiger partial charge is 0.372 e. The second kappa shape index (κ2) is 5.47. The Balaban J connectivity index is 2.06. The quantitative estimate of drug-likeness (QED) is 0.723. The third-order valence-electron chi connectivity index (χ3n) is 3.50. The van der Waals surface area contributed by atoms with Crippen LogP contribution in [0, 0.1) is 6.92 Å². The molecular weight excluding hydrogens is 248 g/mol. The van der Waals surface area contributed by atoms with Crippen LogP contribution in [-0.2, 0) is 17.9 Å². The first-order chi connectivity index (χ1) is 9.78. The van der Waals surface area contributed by atoms with E-state index in [2.05, 4.69) is 58.9 Å². The number of para-hydroxylation sites is 2. The summed E-state index contributed by atoms with van der Waals surface area (Å²) in [5, 5.41) is 0. The molecule has 0 aliphatic carbocycles. The third kappa shape index (κ3) is 2.45. The number of H-pyrrole nitrogens is 1. The highest BCUT2D eigenvalue weighted by Crippen LogP contribution is 2.11. The Labute approximate surface area is 118 Å². The summed E-state index contributed by atoms with van der Waals surface area (Å²) in [7, 11) is 1.72. The van der Waals surface area contributed by atoms with Crippen LogP contribution in [0.15, 0.2) is 48.5 Å². The normalized spacial score (nSPS) is 11.1. The number of ether oxygens (including phenoxy) is 1. The zero-order valence-electron chi connectivity index (χ0n) is 11.9. The fourth-order valence-corrected chi connectivity index (χ4v) is 2.61. The van der Waals surface area contributed by atoms with E-state index < -0.39 is 0 Å². The molecule has 102 valence electrons. The second-order valence-electron chi connectivity index (χ2n) is 5.10. The SMILES string of the molecule is COCc1[nH]c2ccccc2[n+]1Cc1cccc(C)c1. The molecule has 0 radical (unpaired) electrons. The monoisotopic (exact) mass is 267 g/mol. The first kappa shape index (κ1) is 12.9. The van der Waals surface area contributed by atoms with E-state index in [1.807, 2.05) is 6.07 Å². The molecule has 3 rings (SSSR count). The average molecular weight is 267 g/mol. The highest BCUT2D eigenvalue weighted by Gasteiger charge is 2.17. The van der Waals surface area contributed by atoms with E-state index in [1.165, 1.54) is 16.6 Å². The Hall–Kier alpha value is -2.13. The predicted octanol–water partition coefficient (Wildman–Crippen LogP) is 2.96. The lowest BCUT2D eigenvalue weighted by Gasteiger charge is -2.03. The van der Waals surface area contributed by atoms with Gasteiger partial charge >= 0.3 is 0 Å². The van der Waals surface area contributed by atoms with Crippen LogP contribution in [0.4, 0.5) is 0 Å². The van der Waals surface area contributed by atoms with Crippen molar-refractivity contribution in [3.63, 3.8) is 0 Å². The second-order valence-corrected chi connectivity index (χ2v) is 5.10. The van der Waals surface area contributed by atoms with E-state index in [0.29, 0.717) is 6.61 Å². The van der Waals surface area contributed by atoms with Crippen LogP contribution < -0.4 is 4.57 Å². The van der Waals surface area contributed by atoms with Gasteiger partial charge in [-0.15, -0.1) is 0 Å². The molecule has 0 saturated carbocycles. The van der Waals surface area contributed by atoms with Crippen LogP contribution in [0.1, 0.15) is 17.0 Å². The molecule has 1 N–H and O–H groups in total. The van der Waals surface area contributed by atoms with Crippen molar-refractivity contribution in [3.8, 4) is 0 Å². The van der Waals surface area contributed by atoms with Gasteiger partial charge in [0.25, 0.3) is 5.82 Å². The van der Waals surface area contributed by atoms with E-state index in [4.69, 9.17) is 4.74 Å². The van der Waals surface area contributed by atoms with Gasteiger partial charge in [-0.1, -0.05) is 42.0 Å². The molecular formula is C17H19N2O+. The van der Waals surface area contributed by atoms with Crippen molar-refractivity contribution in [1.82, 2.24) is 4.98 Å². The molecule has 0 amide bonds. The molecule has 0 aliphatic heterocycles. The summed E-state index contributed by atoms with van der Waals surface area (Å²) in [6.07, 6.45) is 0. The Bertz CT molecular complexity index is 731. The molecule has 1 aromatic heterocycles. The number of benzene rings is 2. The van der Waals surface area contributed by atoms with Crippen molar-refractivity contribution in [2.45, 2.75) is 20.1 Å². The van der Waals surface area contributed by atoms with Gasteiger partial charge in [0.15, 0.2) is 11.0 Å². The number of aromatic amines is 1. The number of hydrogen-bond acceptors (Lipinski definition) is 1.